The summed E-state index contributed by atoms with van der Waals surface area (Å²) < 4.78 is 6.27. The molecule has 1 aliphatic heterocycles. The molecule has 1 aromatic rings. The van der Waals surface area contributed by atoms with Crippen LogP contribution in [0.4, 0.5) is 0 Å². The molecular weight excluding hydrogens is 284 g/mol. The van der Waals surface area contributed by atoms with Crippen LogP contribution in [-0.2, 0) is 10.5 Å². The average molecular weight is 298 g/mol. The highest BCUT2D eigenvalue weighted by Gasteiger charge is 2.46. The van der Waals surface area contributed by atoms with E-state index >= 15 is 0 Å². The maximum absolute atomic E-state index is 11.9. The number of aromatic amines is 1. The van der Waals surface area contributed by atoms with Crippen molar-refractivity contribution in [2.45, 2.75) is 24.4 Å². The lowest BCUT2D eigenvalue weighted by Gasteiger charge is -2.27. The van der Waals surface area contributed by atoms with Gasteiger partial charge in [0.15, 0.2) is 5.72 Å². The quantitative estimate of drug-likeness (QED) is 0.481. The number of aliphatic hydroxyl groups excluding tert-OH is 2. The Morgan fingerprint density at radius 2 is 2.29 bits per heavy atom. The molecule has 1 saturated heterocycles. The number of nitrogens with one attached hydrogen (secondary N) is 1. The molecule has 2 heterocycles. The number of carbonyl (C=O) groups is 1. The van der Waals surface area contributed by atoms with Crippen LogP contribution in [0.1, 0.15) is 16.8 Å². The Labute approximate surface area is 117 Å². The molecule has 0 radical (unpaired) electrons. The molecule has 9 nitrogen and oxygen atoms in total. The molecule has 1 aromatic heterocycles. The molecule has 3 atom stereocenters. The van der Waals surface area contributed by atoms with E-state index in [1.165, 1.54) is 6.08 Å². The van der Waals surface area contributed by atoms with Crippen molar-refractivity contribution in [3.8, 4) is 0 Å². The third-order valence-corrected chi connectivity index (χ3v) is 3.37. The zero-order valence-corrected chi connectivity index (χ0v) is 10.9. The van der Waals surface area contributed by atoms with Gasteiger partial charge in [-0.25, -0.2) is 9.59 Å². The molecule has 9 heteroatoms. The summed E-state index contributed by atoms with van der Waals surface area (Å²) in [6, 6.07) is 0. The third-order valence-electron chi connectivity index (χ3n) is 3.37. The smallest absolute Gasteiger partial charge is 0.342 e. The Hall–Kier alpha value is -2.23. The van der Waals surface area contributed by atoms with E-state index in [4.69, 9.17) is 14.9 Å². The van der Waals surface area contributed by atoms with Gasteiger partial charge in [0.2, 0.25) is 0 Å². The van der Waals surface area contributed by atoms with Crippen LogP contribution in [0.3, 0.4) is 0 Å². The van der Waals surface area contributed by atoms with Crippen LogP contribution < -0.4 is 11.2 Å². The minimum Gasteiger partial charge on any atom is -0.477 e. The van der Waals surface area contributed by atoms with Crippen molar-refractivity contribution < 1.29 is 24.9 Å². The summed E-state index contributed by atoms with van der Waals surface area (Å²) in [4.78, 5) is 36.2. The summed E-state index contributed by atoms with van der Waals surface area (Å²) in [6.45, 7) is 3.03. The van der Waals surface area contributed by atoms with Crippen molar-refractivity contribution in [2.24, 2.45) is 0 Å². The van der Waals surface area contributed by atoms with E-state index in [0.29, 0.717) is 0 Å². The first-order valence-corrected chi connectivity index (χ1v) is 6.04. The van der Waals surface area contributed by atoms with Crippen LogP contribution in [0.25, 0.3) is 0 Å². The number of hydrogen-bond donors (Lipinski definition) is 4. The number of carboxylic acid groups (broad SMARTS) is 1. The van der Waals surface area contributed by atoms with E-state index in [-0.39, 0.29) is 6.42 Å². The summed E-state index contributed by atoms with van der Waals surface area (Å²) in [7, 11) is 0. The van der Waals surface area contributed by atoms with Crippen molar-refractivity contribution in [3.63, 3.8) is 0 Å². The molecule has 0 amide bonds. The van der Waals surface area contributed by atoms with Crippen LogP contribution in [0, 0.1) is 0 Å². The molecule has 114 valence electrons. The molecule has 0 saturated carbocycles. The van der Waals surface area contributed by atoms with Gasteiger partial charge in [0.05, 0.1) is 12.7 Å². The zero-order valence-electron chi connectivity index (χ0n) is 10.9. The van der Waals surface area contributed by atoms with Gasteiger partial charge in [-0.05, 0) is 6.08 Å². The Balaban J connectivity index is 2.62. The van der Waals surface area contributed by atoms with E-state index < -0.39 is 47.3 Å². The van der Waals surface area contributed by atoms with Crippen molar-refractivity contribution in [1.29, 1.82) is 0 Å². The Bertz CT molecular complexity index is 692. The number of aliphatic hydroxyl groups is 2. The number of rotatable bonds is 4. The van der Waals surface area contributed by atoms with Gasteiger partial charge in [0.25, 0.3) is 5.56 Å². The predicted molar refractivity (Wildman–Crippen MR) is 69.0 cm³/mol. The fourth-order valence-corrected chi connectivity index (χ4v) is 2.27. The van der Waals surface area contributed by atoms with Gasteiger partial charge in [-0.2, -0.15) is 0 Å². The molecule has 0 unspecified atom stereocenters. The van der Waals surface area contributed by atoms with Crippen LogP contribution in [-0.4, -0.2) is 49.7 Å². The zero-order chi connectivity index (χ0) is 15.8. The molecule has 21 heavy (non-hydrogen) atoms. The lowest BCUT2D eigenvalue weighted by Crippen LogP contribution is -2.44. The predicted octanol–water partition coefficient (Wildman–Crippen LogP) is -1.78. The van der Waals surface area contributed by atoms with Crippen molar-refractivity contribution in [2.75, 3.05) is 6.61 Å². The fraction of sp³-hybridized carbons (Fsp3) is 0.417. The fourth-order valence-electron chi connectivity index (χ4n) is 2.27. The van der Waals surface area contributed by atoms with Gasteiger partial charge in [0, 0.05) is 12.6 Å². The molecule has 1 aliphatic rings. The van der Waals surface area contributed by atoms with E-state index in [0.717, 1.165) is 10.8 Å². The van der Waals surface area contributed by atoms with Crippen molar-refractivity contribution in [1.82, 2.24) is 9.55 Å². The summed E-state index contributed by atoms with van der Waals surface area (Å²) in [6.07, 6.45) is -0.100. The Kier molecular flexibility index (Phi) is 3.81. The lowest BCUT2D eigenvalue weighted by molar-refractivity contribution is -0.0892. The largest absolute Gasteiger partial charge is 0.477 e. The van der Waals surface area contributed by atoms with Gasteiger partial charge in [-0.15, -0.1) is 0 Å². The second-order valence-electron chi connectivity index (χ2n) is 4.64. The minimum atomic E-state index is -1.54. The van der Waals surface area contributed by atoms with E-state index in [2.05, 4.69) is 6.58 Å². The number of nitrogens with zero attached hydrogens (tertiary/aromatic N) is 1. The average Bonchev–Trinajstić information content (AvgIpc) is 2.75. The first kappa shape index (κ1) is 15.2. The second-order valence-corrected chi connectivity index (χ2v) is 4.64. The number of aromatic carboxylic acids is 1. The van der Waals surface area contributed by atoms with Gasteiger partial charge in [-0.1, -0.05) is 6.58 Å². The number of aromatic nitrogens is 2. The van der Waals surface area contributed by atoms with E-state index in [9.17, 15) is 19.5 Å². The molecule has 0 aliphatic carbocycles. The summed E-state index contributed by atoms with van der Waals surface area (Å²) in [5.74, 6) is -1.51. The van der Waals surface area contributed by atoms with E-state index in [1.807, 2.05) is 4.98 Å². The van der Waals surface area contributed by atoms with Crippen LogP contribution in [0.2, 0.25) is 0 Å². The standard InChI is InChI=1S/C12H14N2O7/c1-2-12(3-7(16)8(5-15)21-12)14-4-6(10(18)19)9(17)13-11(14)20/h2,4,7-8,15-16H,1,3,5H2,(H,18,19)(H,13,17,20)/t7-,8+,12+/m0/s1. The molecule has 0 spiro atoms. The van der Waals surface area contributed by atoms with Gasteiger partial charge in [0.1, 0.15) is 11.7 Å². The lowest BCUT2D eigenvalue weighted by atomic mass is 10.1. The van der Waals surface area contributed by atoms with Crippen molar-refractivity contribution in [3.05, 3.63) is 45.3 Å². The number of carboxylic acids is 1. The molecule has 4 N–H and O–H groups in total. The monoisotopic (exact) mass is 298 g/mol. The minimum absolute atomic E-state index is 0.118. The SMILES string of the molecule is C=C[C@]1(n2cc(C(=O)O)c(=O)[nH]c2=O)C[C@H](O)[C@@H](CO)O1. The maximum atomic E-state index is 11.9. The Morgan fingerprint density at radius 3 is 2.76 bits per heavy atom. The van der Waals surface area contributed by atoms with Gasteiger partial charge >= 0.3 is 11.7 Å². The van der Waals surface area contributed by atoms with Crippen molar-refractivity contribution >= 4 is 5.97 Å². The van der Waals surface area contributed by atoms with Crippen LogP contribution in [0.5, 0.6) is 0 Å². The Morgan fingerprint density at radius 1 is 1.62 bits per heavy atom. The molecule has 0 aromatic carbocycles. The molecule has 1 fully saturated rings. The van der Waals surface area contributed by atoms with Gasteiger partial charge in [-0.3, -0.25) is 14.3 Å². The van der Waals surface area contributed by atoms with Crippen LogP contribution >= 0.6 is 0 Å². The second kappa shape index (κ2) is 5.28. The first-order valence-electron chi connectivity index (χ1n) is 6.04. The first-order chi connectivity index (χ1) is 9.84. The highest BCUT2D eigenvalue weighted by atomic mass is 16.6. The topological polar surface area (TPSA) is 142 Å². The summed E-state index contributed by atoms with van der Waals surface area (Å²) in [5.41, 5.74) is -4.14. The highest BCUT2D eigenvalue weighted by molar-refractivity contribution is 5.86. The maximum Gasteiger partial charge on any atom is 0.342 e. The highest BCUT2D eigenvalue weighted by Crippen LogP contribution is 2.35. The molecule has 0 bridgehead atoms. The van der Waals surface area contributed by atoms with Crippen LogP contribution in [0.15, 0.2) is 28.4 Å². The molecule has 2 rings (SSSR count). The summed E-state index contributed by atoms with van der Waals surface area (Å²) in [5, 5.41) is 27.9. The van der Waals surface area contributed by atoms with E-state index in [1.54, 1.807) is 0 Å². The van der Waals surface area contributed by atoms with Gasteiger partial charge < -0.3 is 20.1 Å². The number of ether oxygens (including phenoxy) is 1. The third kappa shape index (κ3) is 2.42. The number of hydrogen-bond acceptors (Lipinski definition) is 6. The number of H-pyrrole nitrogens is 1. The molecular formula is C12H14N2O7. The normalized spacial score (nSPS) is 28.5. The summed E-state index contributed by atoms with van der Waals surface area (Å²) >= 11 is 0.